The molecule has 16 heavy (non-hydrogen) atoms. The van der Waals surface area contributed by atoms with Crippen LogP contribution in [0, 0.1) is 3.57 Å². The van der Waals surface area contributed by atoms with Gasteiger partial charge in [0, 0.05) is 11.8 Å². The van der Waals surface area contributed by atoms with Gasteiger partial charge in [-0.05, 0) is 48.3 Å². The van der Waals surface area contributed by atoms with Crippen LogP contribution in [-0.2, 0) is 0 Å². The van der Waals surface area contributed by atoms with Gasteiger partial charge in [0.25, 0.3) is 5.56 Å². The maximum absolute atomic E-state index is 11.8. The number of aromatic amines is 1. The number of halogens is 1. The molecule has 2 fully saturated rings. The van der Waals surface area contributed by atoms with Crippen molar-refractivity contribution in [2.45, 2.75) is 50.4 Å². The van der Waals surface area contributed by atoms with Crippen LogP contribution < -0.4 is 5.56 Å². The van der Waals surface area contributed by atoms with E-state index in [1.807, 2.05) is 0 Å². The summed E-state index contributed by atoms with van der Waals surface area (Å²) in [5.41, 5.74) is 1.14. The van der Waals surface area contributed by atoms with Crippen molar-refractivity contribution < 1.29 is 0 Å². The van der Waals surface area contributed by atoms with E-state index in [4.69, 9.17) is 4.98 Å². The van der Waals surface area contributed by atoms with Gasteiger partial charge >= 0.3 is 0 Å². The van der Waals surface area contributed by atoms with Crippen LogP contribution in [0.3, 0.4) is 0 Å². The van der Waals surface area contributed by atoms with Gasteiger partial charge in [-0.3, -0.25) is 4.79 Å². The SMILES string of the molecule is O=c1[nH]c(C2CC2)nc(C2CCCC2)c1I. The van der Waals surface area contributed by atoms with E-state index in [0.717, 1.165) is 15.1 Å². The van der Waals surface area contributed by atoms with Crippen LogP contribution in [0.25, 0.3) is 0 Å². The second-order valence-corrected chi connectivity index (χ2v) is 5.98. The molecule has 2 aliphatic rings. The minimum absolute atomic E-state index is 0.0689. The van der Waals surface area contributed by atoms with Crippen molar-refractivity contribution >= 4 is 22.6 Å². The Morgan fingerprint density at radius 1 is 1.12 bits per heavy atom. The van der Waals surface area contributed by atoms with E-state index in [1.165, 1.54) is 38.5 Å². The second kappa shape index (κ2) is 4.13. The number of rotatable bonds is 2. The van der Waals surface area contributed by atoms with Gasteiger partial charge in [0.1, 0.15) is 5.82 Å². The summed E-state index contributed by atoms with van der Waals surface area (Å²) in [5, 5.41) is 0. The molecule has 0 saturated heterocycles. The van der Waals surface area contributed by atoms with Gasteiger partial charge in [0.05, 0.1) is 9.26 Å². The van der Waals surface area contributed by atoms with Crippen LogP contribution in [0.2, 0.25) is 0 Å². The molecule has 0 unspecified atom stereocenters. The van der Waals surface area contributed by atoms with Crippen molar-refractivity contribution in [2.24, 2.45) is 0 Å². The van der Waals surface area contributed by atoms with E-state index in [1.54, 1.807) is 0 Å². The monoisotopic (exact) mass is 330 g/mol. The third kappa shape index (κ3) is 1.92. The molecule has 0 bridgehead atoms. The zero-order valence-electron chi connectivity index (χ0n) is 9.13. The smallest absolute Gasteiger partial charge is 0.264 e. The largest absolute Gasteiger partial charge is 0.309 e. The molecule has 1 aromatic heterocycles. The molecule has 2 saturated carbocycles. The van der Waals surface area contributed by atoms with Gasteiger partial charge in [-0.1, -0.05) is 12.8 Å². The average Bonchev–Trinajstić information content (AvgIpc) is 2.98. The van der Waals surface area contributed by atoms with E-state index in [9.17, 15) is 4.79 Å². The lowest BCUT2D eigenvalue weighted by atomic mass is 10.0. The minimum Gasteiger partial charge on any atom is -0.309 e. The van der Waals surface area contributed by atoms with Crippen molar-refractivity contribution in [3.8, 4) is 0 Å². The lowest BCUT2D eigenvalue weighted by molar-refractivity contribution is 0.674. The Morgan fingerprint density at radius 3 is 2.44 bits per heavy atom. The maximum Gasteiger partial charge on any atom is 0.264 e. The quantitative estimate of drug-likeness (QED) is 0.848. The summed E-state index contributed by atoms with van der Waals surface area (Å²) in [5.74, 6) is 2.00. The highest BCUT2D eigenvalue weighted by molar-refractivity contribution is 14.1. The minimum atomic E-state index is 0.0689. The Hall–Kier alpha value is -0.390. The van der Waals surface area contributed by atoms with Crippen molar-refractivity contribution in [3.05, 3.63) is 25.4 Å². The number of hydrogen-bond donors (Lipinski definition) is 1. The lowest BCUT2D eigenvalue weighted by Gasteiger charge is -2.11. The number of H-pyrrole nitrogens is 1. The van der Waals surface area contributed by atoms with Gasteiger partial charge in [-0.25, -0.2) is 4.98 Å². The van der Waals surface area contributed by atoms with Gasteiger partial charge in [0.2, 0.25) is 0 Å². The van der Waals surface area contributed by atoms with Gasteiger partial charge < -0.3 is 4.98 Å². The van der Waals surface area contributed by atoms with E-state index in [0.29, 0.717) is 11.8 Å². The Morgan fingerprint density at radius 2 is 1.81 bits per heavy atom. The summed E-state index contributed by atoms with van der Waals surface area (Å²) in [6.07, 6.45) is 7.36. The highest BCUT2D eigenvalue weighted by atomic mass is 127. The fourth-order valence-electron chi connectivity index (χ4n) is 2.51. The number of nitrogens with one attached hydrogen (secondary N) is 1. The molecule has 0 atom stereocenters. The predicted molar refractivity (Wildman–Crippen MR) is 70.8 cm³/mol. The van der Waals surface area contributed by atoms with E-state index in [-0.39, 0.29) is 5.56 Å². The molecule has 1 heterocycles. The molecule has 4 heteroatoms. The lowest BCUT2D eigenvalue weighted by Crippen LogP contribution is -2.19. The second-order valence-electron chi connectivity index (χ2n) is 4.91. The molecule has 86 valence electrons. The molecular weight excluding hydrogens is 315 g/mol. The normalized spacial score (nSPS) is 21.6. The molecule has 3 nitrogen and oxygen atoms in total. The Labute approximate surface area is 108 Å². The summed E-state index contributed by atoms with van der Waals surface area (Å²) in [6, 6.07) is 0. The number of hydrogen-bond acceptors (Lipinski definition) is 2. The van der Waals surface area contributed by atoms with E-state index < -0.39 is 0 Å². The zero-order chi connectivity index (χ0) is 11.1. The molecule has 0 aromatic carbocycles. The molecular formula is C12H15IN2O. The molecule has 3 rings (SSSR count). The van der Waals surface area contributed by atoms with E-state index >= 15 is 0 Å². The summed E-state index contributed by atoms with van der Waals surface area (Å²) in [7, 11) is 0. The fourth-order valence-corrected chi connectivity index (χ4v) is 3.21. The van der Waals surface area contributed by atoms with Crippen LogP contribution in [0.15, 0.2) is 4.79 Å². The Balaban J connectivity index is 2.03. The highest BCUT2D eigenvalue weighted by Crippen LogP contribution is 2.39. The van der Waals surface area contributed by atoms with Crippen LogP contribution in [0.1, 0.15) is 61.9 Å². The maximum atomic E-state index is 11.8. The van der Waals surface area contributed by atoms with Gasteiger partial charge in [-0.15, -0.1) is 0 Å². The zero-order valence-corrected chi connectivity index (χ0v) is 11.3. The third-order valence-electron chi connectivity index (χ3n) is 3.61. The summed E-state index contributed by atoms with van der Waals surface area (Å²) in [6.45, 7) is 0. The van der Waals surface area contributed by atoms with Gasteiger partial charge in [-0.2, -0.15) is 0 Å². The first-order chi connectivity index (χ1) is 7.75. The average molecular weight is 330 g/mol. The standard InChI is InChI=1S/C12H15IN2O/c13-9-10(7-3-1-2-4-7)14-11(8-5-6-8)15-12(9)16/h7-8H,1-6H2,(H,14,15,16). The number of nitrogens with zero attached hydrogens (tertiary/aromatic N) is 1. The summed E-state index contributed by atoms with van der Waals surface area (Å²) >= 11 is 2.15. The third-order valence-corrected chi connectivity index (χ3v) is 4.66. The predicted octanol–water partition coefficient (Wildman–Crippen LogP) is 2.91. The molecule has 0 spiro atoms. The molecule has 0 amide bonds. The molecule has 0 radical (unpaired) electrons. The van der Waals surface area contributed by atoms with Crippen molar-refractivity contribution in [2.75, 3.05) is 0 Å². The fraction of sp³-hybridized carbons (Fsp3) is 0.667. The van der Waals surface area contributed by atoms with Crippen molar-refractivity contribution in [3.63, 3.8) is 0 Å². The first-order valence-electron chi connectivity index (χ1n) is 6.05. The topological polar surface area (TPSA) is 45.8 Å². The van der Waals surface area contributed by atoms with Crippen LogP contribution in [0.5, 0.6) is 0 Å². The Bertz CT molecular complexity index is 459. The molecule has 2 aliphatic carbocycles. The van der Waals surface area contributed by atoms with Crippen LogP contribution in [-0.4, -0.2) is 9.97 Å². The van der Waals surface area contributed by atoms with E-state index in [2.05, 4.69) is 27.6 Å². The van der Waals surface area contributed by atoms with Crippen molar-refractivity contribution in [1.29, 1.82) is 0 Å². The van der Waals surface area contributed by atoms with Crippen LogP contribution >= 0.6 is 22.6 Å². The molecule has 1 N–H and O–H groups in total. The summed E-state index contributed by atoms with van der Waals surface area (Å²) in [4.78, 5) is 19.5. The van der Waals surface area contributed by atoms with Gasteiger partial charge in [0.15, 0.2) is 0 Å². The molecule has 0 aliphatic heterocycles. The highest BCUT2D eigenvalue weighted by Gasteiger charge is 2.29. The molecule has 1 aromatic rings. The Kier molecular flexibility index (Phi) is 2.77. The number of aromatic nitrogens is 2. The first-order valence-corrected chi connectivity index (χ1v) is 7.13. The summed E-state index contributed by atoms with van der Waals surface area (Å²) < 4.78 is 0.814. The van der Waals surface area contributed by atoms with Crippen LogP contribution in [0.4, 0.5) is 0 Å². The first kappa shape index (κ1) is 10.7. The van der Waals surface area contributed by atoms with Crippen molar-refractivity contribution in [1.82, 2.24) is 9.97 Å².